The van der Waals surface area contributed by atoms with Crippen molar-refractivity contribution in [3.63, 3.8) is 0 Å². The number of rotatable bonds is 6. The van der Waals surface area contributed by atoms with Crippen LogP contribution in [0.4, 0.5) is 11.4 Å². The average Bonchev–Trinajstić information content (AvgIpc) is 2.52. The lowest BCUT2D eigenvalue weighted by atomic mass is 10.1. The molecule has 0 aliphatic heterocycles. The van der Waals surface area contributed by atoms with Crippen molar-refractivity contribution in [1.82, 2.24) is 5.32 Å². The third kappa shape index (κ3) is 4.32. The number of aliphatic hydroxyl groups excluding tert-OH is 3. The number of allylic oxidation sites excluding steroid dienone is 1. The first-order chi connectivity index (χ1) is 11.0. The highest BCUT2D eigenvalue weighted by Gasteiger charge is 2.18. The largest absolute Gasteiger partial charge is 0.506 e. The van der Waals surface area contributed by atoms with E-state index in [4.69, 9.17) is 15.6 Å². The molecule has 0 radical (unpaired) electrons. The molecule has 124 valence electrons. The number of ether oxygens (including phenoxy) is 1. The molecule has 7 heteroatoms. The summed E-state index contributed by atoms with van der Waals surface area (Å²) in [7, 11) is 1.58. The van der Waals surface area contributed by atoms with Gasteiger partial charge in [0.2, 0.25) is 0 Å². The highest BCUT2D eigenvalue weighted by molar-refractivity contribution is 6.09. The standard InChI is InChI=1S/C16H21N3O4/c1-23-9-10-6-11(2-3-12(10)17)19-14-7-13(18-4-5-20)15(21)8-16(14)22/h2-3,6-8,15,18,20-22H,4-5,9,17H2,1H3. The Morgan fingerprint density at radius 1 is 1.39 bits per heavy atom. The first-order valence-corrected chi connectivity index (χ1v) is 7.16. The first-order valence-electron chi connectivity index (χ1n) is 7.16. The minimum Gasteiger partial charge on any atom is -0.506 e. The van der Waals surface area contributed by atoms with Gasteiger partial charge in [0, 0.05) is 30.6 Å². The number of nitrogens with two attached hydrogens (primary N) is 1. The lowest BCUT2D eigenvalue weighted by Crippen LogP contribution is -2.29. The summed E-state index contributed by atoms with van der Waals surface area (Å²) in [6, 6.07) is 5.23. The molecule has 1 aromatic carbocycles. The van der Waals surface area contributed by atoms with Crippen LogP contribution in [0, 0.1) is 0 Å². The van der Waals surface area contributed by atoms with E-state index in [0.29, 0.717) is 35.9 Å². The Balaban J connectivity index is 2.31. The third-order valence-electron chi connectivity index (χ3n) is 3.31. The minimum atomic E-state index is -0.962. The third-order valence-corrected chi connectivity index (χ3v) is 3.31. The Bertz CT molecular complexity index is 653. The highest BCUT2D eigenvalue weighted by Crippen LogP contribution is 2.23. The van der Waals surface area contributed by atoms with Crippen LogP contribution in [0.1, 0.15) is 5.56 Å². The van der Waals surface area contributed by atoms with Gasteiger partial charge in [-0.15, -0.1) is 0 Å². The van der Waals surface area contributed by atoms with Gasteiger partial charge in [-0.3, -0.25) is 0 Å². The monoisotopic (exact) mass is 319 g/mol. The maximum absolute atomic E-state index is 9.97. The van der Waals surface area contributed by atoms with Crippen LogP contribution < -0.4 is 11.1 Å². The molecule has 0 aromatic heterocycles. The van der Waals surface area contributed by atoms with E-state index in [1.54, 1.807) is 31.4 Å². The van der Waals surface area contributed by atoms with E-state index in [-0.39, 0.29) is 12.4 Å². The number of nitrogen functional groups attached to an aromatic ring is 1. The van der Waals surface area contributed by atoms with E-state index in [2.05, 4.69) is 10.3 Å². The average molecular weight is 319 g/mol. The normalized spacial score (nSPS) is 19.4. The van der Waals surface area contributed by atoms with Gasteiger partial charge in [0.15, 0.2) is 0 Å². The molecule has 0 amide bonds. The fourth-order valence-corrected chi connectivity index (χ4v) is 2.16. The molecule has 0 saturated carbocycles. The van der Waals surface area contributed by atoms with Gasteiger partial charge in [0.25, 0.3) is 0 Å². The van der Waals surface area contributed by atoms with Crippen LogP contribution in [0.5, 0.6) is 0 Å². The Morgan fingerprint density at radius 3 is 2.87 bits per heavy atom. The molecule has 1 aliphatic rings. The van der Waals surface area contributed by atoms with Crippen LogP contribution in [0.25, 0.3) is 0 Å². The minimum absolute atomic E-state index is 0.0649. The Kier molecular flexibility index (Phi) is 5.75. The Labute approximate surface area is 134 Å². The molecular weight excluding hydrogens is 298 g/mol. The first kappa shape index (κ1) is 17.0. The molecule has 1 unspecified atom stereocenters. The molecule has 1 atom stereocenters. The summed E-state index contributed by atoms with van der Waals surface area (Å²) in [6.07, 6.45) is 1.87. The number of aliphatic hydroxyl groups is 3. The lowest BCUT2D eigenvalue weighted by Gasteiger charge is -2.19. The molecule has 23 heavy (non-hydrogen) atoms. The Hall–Kier alpha value is -2.35. The molecule has 0 bridgehead atoms. The van der Waals surface area contributed by atoms with Gasteiger partial charge in [-0.1, -0.05) is 0 Å². The summed E-state index contributed by atoms with van der Waals surface area (Å²) in [5.74, 6) is -0.114. The van der Waals surface area contributed by atoms with Gasteiger partial charge in [-0.25, -0.2) is 4.99 Å². The molecule has 7 nitrogen and oxygen atoms in total. The second kappa shape index (κ2) is 7.77. The quantitative estimate of drug-likeness (QED) is 0.494. The van der Waals surface area contributed by atoms with E-state index >= 15 is 0 Å². The fourth-order valence-electron chi connectivity index (χ4n) is 2.16. The number of anilines is 1. The smallest absolute Gasteiger partial charge is 0.140 e. The van der Waals surface area contributed by atoms with Crippen molar-refractivity contribution in [2.75, 3.05) is 26.0 Å². The van der Waals surface area contributed by atoms with Crippen LogP contribution in [0.2, 0.25) is 0 Å². The molecular formula is C16H21N3O4. The van der Waals surface area contributed by atoms with Gasteiger partial charge in [0.05, 0.1) is 18.9 Å². The fraction of sp³-hybridized carbons (Fsp3) is 0.312. The van der Waals surface area contributed by atoms with Crippen LogP contribution in [-0.2, 0) is 11.3 Å². The lowest BCUT2D eigenvalue weighted by molar-refractivity contribution is 0.185. The van der Waals surface area contributed by atoms with Crippen LogP contribution in [-0.4, -0.2) is 47.4 Å². The number of nitrogens with zero attached hydrogens (tertiary/aromatic N) is 1. The summed E-state index contributed by atoms with van der Waals surface area (Å²) < 4.78 is 5.08. The zero-order valence-electron chi connectivity index (χ0n) is 12.9. The van der Waals surface area contributed by atoms with Crippen molar-refractivity contribution >= 4 is 17.1 Å². The molecule has 1 aliphatic carbocycles. The zero-order chi connectivity index (χ0) is 16.8. The highest BCUT2D eigenvalue weighted by atomic mass is 16.5. The molecule has 0 heterocycles. The van der Waals surface area contributed by atoms with Crippen LogP contribution >= 0.6 is 0 Å². The van der Waals surface area contributed by atoms with Crippen LogP contribution in [0.3, 0.4) is 0 Å². The molecule has 0 saturated heterocycles. The van der Waals surface area contributed by atoms with Crippen molar-refractivity contribution in [3.05, 3.63) is 47.4 Å². The number of methoxy groups -OCH3 is 1. The van der Waals surface area contributed by atoms with Gasteiger partial charge in [0.1, 0.15) is 17.6 Å². The second-order valence-electron chi connectivity index (χ2n) is 5.06. The van der Waals surface area contributed by atoms with Gasteiger partial charge < -0.3 is 31.1 Å². The van der Waals surface area contributed by atoms with Gasteiger partial charge >= 0.3 is 0 Å². The molecule has 2 rings (SSSR count). The summed E-state index contributed by atoms with van der Waals surface area (Å²) in [4.78, 5) is 4.37. The predicted octanol–water partition coefficient (Wildman–Crippen LogP) is 0.770. The van der Waals surface area contributed by atoms with Crippen molar-refractivity contribution in [2.24, 2.45) is 4.99 Å². The summed E-state index contributed by atoms with van der Waals surface area (Å²) in [5, 5.41) is 31.6. The maximum atomic E-state index is 9.97. The predicted molar refractivity (Wildman–Crippen MR) is 88.6 cm³/mol. The van der Waals surface area contributed by atoms with Crippen LogP contribution in [0.15, 0.2) is 46.8 Å². The molecule has 1 aromatic rings. The van der Waals surface area contributed by atoms with E-state index in [9.17, 15) is 10.2 Å². The van der Waals surface area contributed by atoms with E-state index in [1.807, 2.05) is 0 Å². The van der Waals surface area contributed by atoms with Gasteiger partial charge in [-0.05, 0) is 30.4 Å². The number of aliphatic imine (C=N–C) groups is 1. The van der Waals surface area contributed by atoms with Gasteiger partial charge in [-0.2, -0.15) is 0 Å². The number of nitrogens with one attached hydrogen (secondary N) is 1. The maximum Gasteiger partial charge on any atom is 0.140 e. The Morgan fingerprint density at radius 2 is 2.17 bits per heavy atom. The summed E-state index contributed by atoms with van der Waals surface area (Å²) in [5.41, 5.74) is 8.65. The molecule has 0 fully saturated rings. The van der Waals surface area contributed by atoms with E-state index < -0.39 is 6.10 Å². The molecule has 0 spiro atoms. The zero-order valence-corrected chi connectivity index (χ0v) is 12.9. The number of benzene rings is 1. The van der Waals surface area contributed by atoms with Crippen molar-refractivity contribution in [1.29, 1.82) is 0 Å². The summed E-state index contributed by atoms with van der Waals surface area (Å²) >= 11 is 0. The van der Waals surface area contributed by atoms with E-state index in [1.165, 1.54) is 6.08 Å². The van der Waals surface area contributed by atoms with E-state index in [0.717, 1.165) is 5.56 Å². The SMILES string of the molecule is COCc1cc(N=C2C=C(NCCO)C(O)C=C2O)ccc1N. The number of hydrogen-bond donors (Lipinski definition) is 5. The topological polar surface area (TPSA) is 120 Å². The van der Waals surface area contributed by atoms with Crippen molar-refractivity contribution in [2.45, 2.75) is 12.7 Å². The number of hydrogen-bond acceptors (Lipinski definition) is 7. The summed E-state index contributed by atoms with van der Waals surface area (Å²) in [6.45, 7) is 0.597. The van der Waals surface area contributed by atoms with Crippen molar-refractivity contribution in [3.8, 4) is 0 Å². The van der Waals surface area contributed by atoms with Crippen molar-refractivity contribution < 1.29 is 20.1 Å². The molecule has 6 N–H and O–H groups in total. The second-order valence-corrected chi connectivity index (χ2v) is 5.06.